The maximum absolute atomic E-state index is 12.8. The average molecular weight is 329 g/mol. The Morgan fingerprint density at radius 3 is 2.75 bits per heavy atom. The molecule has 0 bridgehead atoms. The van der Waals surface area contributed by atoms with Crippen LogP contribution in [-0.4, -0.2) is 48.3 Å². The Bertz CT molecular complexity index is 773. The van der Waals surface area contributed by atoms with Crippen molar-refractivity contribution in [3.05, 3.63) is 35.6 Å². The van der Waals surface area contributed by atoms with Crippen LogP contribution in [0.1, 0.15) is 35.4 Å². The molecule has 2 unspecified atom stereocenters. The van der Waals surface area contributed by atoms with E-state index in [9.17, 15) is 9.90 Å². The summed E-state index contributed by atoms with van der Waals surface area (Å²) in [4.78, 5) is 14.7. The summed E-state index contributed by atoms with van der Waals surface area (Å²) < 4.78 is 11.1. The van der Waals surface area contributed by atoms with Gasteiger partial charge in [-0.15, -0.1) is 0 Å². The number of methoxy groups -OCH3 is 1. The minimum Gasteiger partial charge on any atom is -0.461 e. The van der Waals surface area contributed by atoms with Gasteiger partial charge in [-0.3, -0.25) is 4.79 Å². The highest BCUT2D eigenvalue weighted by Gasteiger charge is 2.56. The molecule has 4 rings (SSSR count). The van der Waals surface area contributed by atoms with Gasteiger partial charge in [0.1, 0.15) is 11.3 Å². The Morgan fingerprint density at radius 2 is 2.08 bits per heavy atom. The van der Waals surface area contributed by atoms with Gasteiger partial charge in [0, 0.05) is 43.0 Å². The Labute approximate surface area is 141 Å². The number of fused-ring (bicyclic) bond motifs is 1. The molecule has 2 fully saturated rings. The van der Waals surface area contributed by atoms with Crippen LogP contribution in [0.2, 0.25) is 0 Å². The number of benzene rings is 1. The van der Waals surface area contributed by atoms with Crippen molar-refractivity contribution in [3.8, 4) is 0 Å². The summed E-state index contributed by atoms with van der Waals surface area (Å²) in [6.45, 7) is 3.23. The van der Waals surface area contributed by atoms with Gasteiger partial charge in [-0.05, 0) is 44.0 Å². The minimum absolute atomic E-state index is 0.0494. The number of hydrogen-bond acceptors (Lipinski definition) is 4. The van der Waals surface area contributed by atoms with E-state index in [-0.39, 0.29) is 23.5 Å². The van der Waals surface area contributed by atoms with Gasteiger partial charge in [0.05, 0.1) is 12.2 Å². The molecule has 24 heavy (non-hydrogen) atoms. The highest BCUT2D eigenvalue weighted by Crippen LogP contribution is 2.50. The van der Waals surface area contributed by atoms with Crippen LogP contribution in [0.15, 0.2) is 28.7 Å². The minimum atomic E-state index is -0.301. The van der Waals surface area contributed by atoms with Gasteiger partial charge in [-0.2, -0.15) is 0 Å². The third-order valence-corrected chi connectivity index (χ3v) is 5.89. The average Bonchev–Trinajstić information content (AvgIpc) is 2.98. The van der Waals surface area contributed by atoms with Crippen LogP contribution in [0.5, 0.6) is 0 Å². The lowest BCUT2D eigenvalue weighted by Crippen LogP contribution is -2.62. The van der Waals surface area contributed by atoms with Crippen molar-refractivity contribution < 1.29 is 19.1 Å². The number of aliphatic hydroxyl groups excluding tert-OH is 1. The second-order valence-corrected chi connectivity index (χ2v) is 7.11. The number of aryl methyl sites for hydroxylation is 1. The Morgan fingerprint density at radius 1 is 1.33 bits per heavy atom. The van der Waals surface area contributed by atoms with E-state index in [4.69, 9.17) is 9.15 Å². The van der Waals surface area contributed by atoms with Gasteiger partial charge in [0.2, 0.25) is 0 Å². The molecule has 2 aliphatic rings. The zero-order valence-electron chi connectivity index (χ0n) is 14.1. The van der Waals surface area contributed by atoms with Crippen LogP contribution in [-0.2, 0) is 4.74 Å². The highest BCUT2D eigenvalue weighted by atomic mass is 16.5. The Kier molecular flexibility index (Phi) is 3.66. The maximum atomic E-state index is 12.8. The van der Waals surface area contributed by atoms with Crippen LogP contribution in [0.3, 0.4) is 0 Å². The van der Waals surface area contributed by atoms with Crippen molar-refractivity contribution in [1.29, 1.82) is 0 Å². The molecular formula is C19H23NO4. The second kappa shape index (κ2) is 5.60. The van der Waals surface area contributed by atoms with Gasteiger partial charge in [-0.25, -0.2) is 0 Å². The van der Waals surface area contributed by atoms with Gasteiger partial charge in [0.25, 0.3) is 5.91 Å². The lowest BCUT2D eigenvalue weighted by Gasteiger charge is -2.56. The largest absolute Gasteiger partial charge is 0.461 e. The number of furan rings is 1. The van der Waals surface area contributed by atoms with E-state index in [1.807, 2.05) is 36.1 Å². The predicted molar refractivity (Wildman–Crippen MR) is 89.9 cm³/mol. The van der Waals surface area contributed by atoms with Gasteiger partial charge in [-0.1, -0.05) is 0 Å². The van der Waals surface area contributed by atoms with Crippen molar-refractivity contribution >= 4 is 16.9 Å². The summed E-state index contributed by atoms with van der Waals surface area (Å²) >= 11 is 0. The predicted octanol–water partition coefficient (Wildman–Crippen LogP) is 2.74. The van der Waals surface area contributed by atoms with E-state index < -0.39 is 0 Å². The summed E-state index contributed by atoms with van der Waals surface area (Å²) in [5.74, 6) is 0.896. The first-order valence-electron chi connectivity index (χ1n) is 8.54. The molecule has 0 radical (unpaired) electrons. The van der Waals surface area contributed by atoms with Gasteiger partial charge in [0.15, 0.2) is 0 Å². The van der Waals surface area contributed by atoms with Crippen molar-refractivity contribution in [2.45, 2.75) is 38.4 Å². The van der Waals surface area contributed by atoms with Gasteiger partial charge < -0.3 is 19.2 Å². The number of hydrogen-bond donors (Lipinski definition) is 1. The molecule has 2 aromatic rings. The SMILES string of the molecule is COC1CC(O)C12CCN(C(=O)c1ccc3oc(C)cc3c1)CC2. The van der Waals surface area contributed by atoms with Crippen LogP contribution in [0, 0.1) is 12.3 Å². The quantitative estimate of drug-likeness (QED) is 0.920. The lowest BCUT2D eigenvalue weighted by molar-refractivity contribution is -0.199. The normalized spacial score (nSPS) is 25.9. The van der Waals surface area contributed by atoms with E-state index in [1.54, 1.807) is 7.11 Å². The molecular weight excluding hydrogens is 306 g/mol. The molecule has 1 saturated carbocycles. The first-order valence-corrected chi connectivity index (χ1v) is 8.54. The van der Waals surface area contributed by atoms with Gasteiger partial charge >= 0.3 is 0 Å². The zero-order chi connectivity index (χ0) is 16.9. The lowest BCUT2D eigenvalue weighted by atomic mass is 9.58. The molecule has 128 valence electrons. The molecule has 1 N–H and O–H groups in total. The number of amides is 1. The zero-order valence-corrected chi connectivity index (χ0v) is 14.1. The number of carbonyl (C=O) groups excluding carboxylic acids is 1. The third-order valence-electron chi connectivity index (χ3n) is 5.89. The number of carbonyl (C=O) groups is 1. The molecule has 5 heteroatoms. The maximum Gasteiger partial charge on any atom is 0.253 e. The molecule has 1 aromatic carbocycles. The molecule has 1 amide bonds. The molecule has 5 nitrogen and oxygen atoms in total. The fourth-order valence-electron chi connectivity index (χ4n) is 4.33. The number of aliphatic hydroxyl groups is 1. The molecule has 1 saturated heterocycles. The number of piperidine rings is 1. The van der Waals surface area contributed by atoms with E-state index in [1.165, 1.54) is 0 Å². The second-order valence-electron chi connectivity index (χ2n) is 7.11. The van der Waals surface area contributed by atoms with Crippen LogP contribution >= 0.6 is 0 Å². The fourth-order valence-corrected chi connectivity index (χ4v) is 4.33. The monoisotopic (exact) mass is 329 g/mol. The number of nitrogens with zero attached hydrogens (tertiary/aromatic N) is 1. The molecule has 2 atom stereocenters. The summed E-state index contributed by atoms with van der Waals surface area (Å²) in [5.41, 5.74) is 1.34. The number of ether oxygens (including phenoxy) is 1. The fraction of sp³-hybridized carbons (Fsp3) is 0.526. The van der Waals surface area contributed by atoms with Crippen molar-refractivity contribution in [1.82, 2.24) is 4.90 Å². The van der Waals surface area contributed by atoms with E-state index in [0.717, 1.165) is 29.6 Å². The molecule has 1 spiro atoms. The third kappa shape index (κ3) is 2.26. The smallest absolute Gasteiger partial charge is 0.253 e. The molecule has 1 aromatic heterocycles. The van der Waals surface area contributed by atoms with Crippen LogP contribution in [0.4, 0.5) is 0 Å². The number of likely N-dealkylation sites (tertiary alicyclic amines) is 1. The highest BCUT2D eigenvalue weighted by molar-refractivity contribution is 5.97. The standard InChI is InChI=1S/C19H23NO4/c1-12-9-14-10-13(3-4-15(14)24-12)18(22)20-7-5-19(6-8-20)16(21)11-17(19)23-2/h3-4,9-10,16-17,21H,5-8,11H2,1-2H3. The van der Waals surface area contributed by atoms with Crippen LogP contribution < -0.4 is 0 Å². The first kappa shape index (κ1) is 15.7. The summed E-state index contributed by atoms with van der Waals surface area (Å²) in [6, 6.07) is 7.53. The molecule has 1 aliphatic heterocycles. The van der Waals surface area contributed by atoms with Crippen molar-refractivity contribution in [2.24, 2.45) is 5.41 Å². The van der Waals surface area contributed by atoms with Crippen LogP contribution in [0.25, 0.3) is 11.0 Å². The Balaban J connectivity index is 1.49. The summed E-state index contributed by atoms with van der Waals surface area (Å²) in [5, 5.41) is 11.2. The summed E-state index contributed by atoms with van der Waals surface area (Å²) in [7, 11) is 1.71. The molecule has 2 heterocycles. The Hall–Kier alpha value is -1.85. The van der Waals surface area contributed by atoms with E-state index in [0.29, 0.717) is 25.1 Å². The number of rotatable bonds is 2. The van der Waals surface area contributed by atoms with E-state index >= 15 is 0 Å². The topological polar surface area (TPSA) is 62.9 Å². The summed E-state index contributed by atoms with van der Waals surface area (Å²) in [6.07, 6.45) is 2.12. The molecule has 1 aliphatic carbocycles. The van der Waals surface area contributed by atoms with Crippen molar-refractivity contribution in [3.63, 3.8) is 0 Å². The first-order chi connectivity index (χ1) is 11.5. The van der Waals surface area contributed by atoms with E-state index in [2.05, 4.69) is 0 Å². The van der Waals surface area contributed by atoms with Crippen molar-refractivity contribution in [2.75, 3.05) is 20.2 Å².